The summed E-state index contributed by atoms with van der Waals surface area (Å²) in [6.45, 7) is 3.02. The van der Waals surface area contributed by atoms with Crippen molar-refractivity contribution in [2.24, 2.45) is 0 Å². The minimum atomic E-state index is -0.337. The van der Waals surface area contributed by atoms with Gasteiger partial charge in [0.25, 0.3) is 0 Å². The highest BCUT2D eigenvalue weighted by molar-refractivity contribution is 6.07. The van der Waals surface area contributed by atoms with Crippen LogP contribution in [0.25, 0.3) is 0 Å². The number of fused-ring (bicyclic) bond motifs is 3. The second-order valence-corrected chi connectivity index (χ2v) is 7.43. The lowest BCUT2D eigenvalue weighted by molar-refractivity contribution is -0.124. The van der Waals surface area contributed by atoms with E-state index in [2.05, 4.69) is 29.2 Å². The number of likely N-dealkylation sites (N-methyl/N-ethyl adjacent to an activating group) is 1. The molecule has 1 saturated heterocycles. The molecule has 0 saturated carbocycles. The Morgan fingerprint density at radius 3 is 2.65 bits per heavy atom. The third-order valence-electron chi connectivity index (χ3n) is 6.05. The number of nitrogens with zero attached hydrogens (tertiary/aromatic N) is 2. The fraction of sp³-hybridized carbons (Fsp3) is 0.381. The van der Waals surface area contributed by atoms with Gasteiger partial charge in [-0.2, -0.15) is 0 Å². The second-order valence-electron chi connectivity index (χ2n) is 7.43. The topological polar surface area (TPSA) is 42.0 Å². The summed E-state index contributed by atoms with van der Waals surface area (Å²) in [7, 11) is 1.90. The van der Waals surface area contributed by atoms with Crippen molar-refractivity contribution >= 4 is 11.6 Å². The van der Waals surface area contributed by atoms with Crippen molar-refractivity contribution < 1.29 is 14.3 Å². The number of anilines is 1. The highest BCUT2D eigenvalue weighted by atomic mass is 16.7. The van der Waals surface area contributed by atoms with Gasteiger partial charge >= 0.3 is 0 Å². The summed E-state index contributed by atoms with van der Waals surface area (Å²) in [5, 5.41) is 0. The number of amides is 1. The first-order chi connectivity index (χ1) is 12.7. The highest BCUT2D eigenvalue weighted by Crippen LogP contribution is 2.47. The molecule has 26 heavy (non-hydrogen) atoms. The Bertz CT molecular complexity index is 871. The molecule has 0 aromatic heterocycles. The molecular formula is C21H22N2O3. The van der Waals surface area contributed by atoms with Gasteiger partial charge in [0, 0.05) is 19.3 Å². The quantitative estimate of drug-likeness (QED) is 0.835. The first-order valence-electron chi connectivity index (χ1n) is 9.16. The molecule has 0 bridgehead atoms. The summed E-state index contributed by atoms with van der Waals surface area (Å²) in [6, 6.07) is 14.4. The van der Waals surface area contributed by atoms with E-state index in [0.29, 0.717) is 6.79 Å². The van der Waals surface area contributed by atoms with Crippen LogP contribution in [0.3, 0.4) is 0 Å². The van der Waals surface area contributed by atoms with E-state index in [1.54, 1.807) is 0 Å². The molecule has 0 N–H and O–H groups in total. The van der Waals surface area contributed by atoms with Crippen LogP contribution in [0.4, 0.5) is 5.69 Å². The summed E-state index contributed by atoms with van der Waals surface area (Å²) in [5.41, 5.74) is 3.16. The van der Waals surface area contributed by atoms with Gasteiger partial charge in [-0.25, -0.2) is 0 Å². The SMILES string of the molecule is CN1C(=O)C2(CCN(Cc3ccc4c(c3)OCO4)CC2)c2ccccc21. The fourth-order valence-electron chi connectivity index (χ4n) is 4.59. The molecule has 2 aromatic carbocycles. The number of benzene rings is 2. The summed E-state index contributed by atoms with van der Waals surface area (Å²) in [4.78, 5) is 17.3. The molecule has 0 radical (unpaired) electrons. The van der Waals surface area contributed by atoms with Crippen molar-refractivity contribution in [2.75, 3.05) is 31.8 Å². The molecule has 0 aliphatic carbocycles. The maximum atomic E-state index is 13.0. The zero-order chi connectivity index (χ0) is 17.7. The van der Waals surface area contributed by atoms with Gasteiger partial charge in [0.2, 0.25) is 12.7 Å². The highest BCUT2D eigenvalue weighted by Gasteiger charge is 2.50. The number of likely N-dealkylation sites (tertiary alicyclic amines) is 1. The first kappa shape index (κ1) is 15.7. The van der Waals surface area contributed by atoms with Crippen LogP contribution < -0.4 is 14.4 Å². The maximum absolute atomic E-state index is 13.0. The molecule has 2 aromatic rings. The van der Waals surface area contributed by atoms with E-state index in [1.807, 2.05) is 30.1 Å². The number of rotatable bonds is 2. The van der Waals surface area contributed by atoms with Gasteiger partial charge in [-0.1, -0.05) is 24.3 Å². The molecule has 5 nitrogen and oxygen atoms in total. The Hall–Kier alpha value is -2.53. The number of carbonyl (C=O) groups is 1. The average Bonchev–Trinajstić information content (AvgIpc) is 3.22. The Morgan fingerprint density at radius 2 is 1.81 bits per heavy atom. The smallest absolute Gasteiger partial charge is 0.237 e. The van der Waals surface area contributed by atoms with Gasteiger partial charge < -0.3 is 14.4 Å². The Morgan fingerprint density at radius 1 is 1.04 bits per heavy atom. The summed E-state index contributed by atoms with van der Waals surface area (Å²) in [6.07, 6.45) is 1.75. The standard InChI is InChI=1S/C21H22N2O3/c1-22-17-5-3-2-4-16(17)21(20(22)24)8-10-23(11-9-21)13-15-6-7-18-19(12-15)26-14-25-18/h2-7,12H,8-11,13-14H2,1H3. The van der Waals surface area contributed by atoms with Gasteiger partial charge in [-0.15, -0.1) is 0 Å². The van der Waals surface area contributed by atoms with E-state index >= 15 is 0 Å². The molecule has 1 amide bonds. The summed E-state index contributed by atoms with van der Waals surface area (Å²) >= 11 is 0. The van der Waals surface area contributed by atoms with E-state index < -0.39 is 0 Å². The van der Waals surface area contributed by atoms with Crippen LogP contribution in [0.15, 0.2) is 42.5 Å². The molecule has 134 valence electrons. The Kier molecular flexibility index (Phi) is 3.47. The van der Waals surface area contributed by atoms with Crippen LogP contribution in [-0.2, 0) is 16.8 Å². The fourth-order valence-corrected chi connectivity index (χ4v) is 4.59. The van der Waals surface area contributed by atoms with Crippen LogP contribution in [0.5, 0.6) is 11.5 Å². The third-order valence-corrected chi connectivity index (χ3v) is 6.05. The Labute approximate surface area is 153 Å². The van der Waals surface area contributed by atoms with Crippen molar-refractivity contribution in [3.05, 3.63) is 53.6 Å². The zero-order valence-corrected chi connectivity index (χ0v) is 14.9. The number of para-hydroxylation sites is 1. The van der Waals surface area contributed by atoms with E-state index in [-0.39, 0.29) is 11.3 Å². The van der Waals surface area contributed by atoms with Gasteiger partial charge in [0.15, 0.2) is 11.5 Å². The van der Waals surface area contributed by atoms with Crippen LogP contribution in [0.1, 0.15) is 24.0 Å². The minimum Gasteiger partial charge on any atom is -0.454 e. The molecule has 3 heterocycles. The van der Waals surface area contributed by atoms with Crippen molar-refractivity contribution in [1.29, 1.82) is 0 Å². The van der Waals surface area contributed by atoms with E-state index in [1.165, 1.54) is 11.1 Å². The predicted molar refractivity (Wildman–Crippen MR) is 98.6 cm³/mol. The molecular weight excluding hydrogens is 328 g/mol. The molecule has 5 heteroatoms. The summed E-state index contributed by atoms with van der Waals surface area (Å²) in [5.74, 6) is 1.90. The Balaban J connectivity index is 1.33. The number of ether oxygens (including phenoxy) is 2. The normalized spacial score (nSPS) is 20.7. The number of hydrogen-bond acceptors (Lipinski definition) is 4. The molecule has 3 aliphatic heterocycles. The first-order valence-corrected chi connectivity index (χ1v) is 9.16. The number of carbonyl (C=O) groups excluding carboxylic acids is 1. The number of hydrogen-bond donors (Lipinski definition) is 0. The van der Waals surface area contributed by atoms with Gasteiger partial charge in [0.1, 0.15) is 0 Å². The van der Waals surface area contributed by atoms with Crippen molar-refractivity contribution in [3.63, 3.8) is 0 Å². The van der Waals surface area contributed by atoms with Gasteiger partial charge in [-0.3, -0.25) is 9.69 Å². The minimum absolute atomic E-state index is 0.251. The van der Waals surface area contributed by atoms with Gasteiger partial charge in [-0.05, 0) is 55.3 Å². The predicted octanol–water partition coefficient (Wildman–Crippen LogP) is 2.93. The molecule has 1 spiro atoms. The van der Waals surface area contributed by atoms with Crippen LogP contribution >= 0.6 is 0 Å². The molecule has 5 rings (SSSR count). The molecule has 3 aliphatic rings. The lowest BCUT2D eigenvalue weighted by atomic mass is 9.73. The van der Waals surface area contributed by atoms with Crippen molar-refractivity contribution in [1.82, 2.24) is 4.90 Å². The van der Waals surface area contributed by atoms with Crippen LogP contribution in [0.2, 0.25) is 0 Å². The van der Waals surface area contributed by atoms with Gasteiger partial charge in [0.05, 0.1) is 5.41 Å². The lowest BCUT2D eigenvalue weighted by Gasteiger charge is -2.38. The molecule has 0 atom stereocenters. The lowest BCUT2D eigenvalue weighted by Crippen LogP contribution is -2.47. The van der Waals surface area contributed by atoms with E-state index in [0.717, 1.165) is 49.7 Å². The van der Waals surface area contributed by atoms with Crippen molar-refractivity contribution in [2.45, 2.75) is 24.8 Å². The third kappa shape index (κ3) is 2.23. The van der Waals surface area contributed by atoms with E-state index in [9.17, 15) is 4.79 Å². The van der Waals surface area contributed by atoms with Crippen LogP contribution in [0, 0.1) is 0 Å². The largest absolute Gasteiger partial charge is 0.454 e. The van der Waals surface area contributed by atoms with Crippen molar-refractivity contribution in [3.8, 4) is 11.5 Å². The zero-order valence-electron chi connectivity index (χ0n) is 14.9. The van der Waals surface area contributed by atoms with E-state index in [4.69, 9.17) is 9.47 Å². The monoisotopic (exact) mass is 350 g/mol. The van der Waals surface area contributed by atoms with Crippen LogP contribution in [-0.4, -0.2) is 37.7 Å². The summed E-state index contributed by atoms with van der Waals surface area (Å²) < 4.78 is 10.9. The molecule has 1 fully saturated rings. The number of piperidine rings is 1. The molecule has 0 unspecified atom stereocenters. The maximum Gasteiger partial charge on any atom is 0.237 e. The second kappa shape index (κ2) is 5.74. The average molecular weight is 350 g/mol.